The Morgan fingerprint density at radius 3 is 2.55 bits per heavy atom. The molecule has 0 radical (unpaired) electrons. The molecule has 0 heterocycles. The molecule has 2 nitrogen and oxygen atoms in total. The van der Waals surface area contributed by atoms with Crippen molar-refractivity contribution in [3.8, 4) is 0 Å². The Bertz CT molecular complexity index is 126. The van der Waals surface area contributed by atoms with E-state index in [-0.39, 0.29) is 0 Å². The molecule has 0 aliphatic heterocycles. The molecular formula is C9H16O2. The van der Waals surface area contributed by atoms with E-state index in [9.17, 15) is 4.79 Å². The number of Topliss-reactive ketones (excluding diaryl/α,β-unsaturated/α-hetero) is 1. The number of hydrogen-bond donors (Lipinski definition) is 0. The number of ether oxygens (including phenoxy) is 1. The van der Waals surface area contributed by atoms with Gasteiger partial charge in [-0.3, -0.25) is 4.79 Å². The smallest absolute Gasteiger partial charge is 0.161 e. The first-order valence-electron chi connectivity index (χ1n) is 4.36. The summed E-state index contributed by atoms with van der Waals surface area (Å²) in [4.78, 5) is 11.3. The van der Waals surface area contributed by atoms with E-state index in [1.54, 1.807) is 7.11 Å². The Morgan fingerprint density at radius 2 is 2.00 bits per heavy atom. The molecule has 64 valence electrons. The minimum atomic E-state index is 0.298. The second kappa shape index (κ2) is 4.50. The lowest BCUT2D eigenvalue weighted by Crippen LogP contribution is -2.21. The summed E-state index contributed by atoms with van der Waals surface area (Å²) in [5.41, 5.74) is 0. The van der Waals surface area contributed by atoms with Crippen LogP contribution in [0.15, 0.2) is 0 Å². The van der Waals surface area contributed by atoms with Gasteiger partial charge in [0.1, 0.15) is 6.61 Å². The van der Waals surface area contributed by atoms with Crippen LogP contribution in [0.5, 0.6) is 0 Å². The molecule has 1 aliphatic carbocycles. The minimum Gasteiger partial charge on any atom is -0.377 e. The molecule has 0 unspecified atom stereocenters. The van der Waals surface area contributed by atoms with Crippen LogP contribution in [0.25, 0.3) is 0 Å². The van der Waals surface area contributed by atoms with Gasteiger partial charge in [-0.15, -0.1) is 0 Å². The van der Waals surface area contributed by atoms with E-state index >= 15 is 0 Å². The summed E-state index contributed by atoms with van der Waals surface area (Å²) in [6.07, 6.45) is 5.92. The fraction of sp³-hybridized carbons (Fsp3) is 0.889. The number of ketones is 1. The van der Waals surface area contributed by atoms with E-state index in [0.717, 1.165) is 12.8 Å². The predicted molar refractivity (Wildman–Crippen MR) is 43.5 cm³/mol. The molecule has 1 rings (SSSR count). The molecule has 0 aromatic rings. The van der Waals surface area contributed by atoms with Gasteiger partial charge >= 0.3 is 0 Å². The first-order valence-corrected chi connectivity index (χ1v) is 4.36. The zero-order chi connectivity index (χ0) is 8.10. The topological polar surface area (TPSA) is 26.3 Å². The fourth-order valence-corrected chi connectivity index (χ4v) is 1.68. The Balaban J connectivity index is 2.27. The lowest BCUT2D eigenvalue weighted by Gasteiger charge is -2.19. The van der Waals surface area contributed by atoms with E-state index in [2.05, 4.69) is 0 Å². The highest BCUT2D eigenvalue weighted by atomic mass is 16.5. The van der Waals surface area contributed by atoms with Crippen LogP contribution < -0.4 is 0 Å². The molecule has 1 aliphatic rings. The average Bonchev–Trinajstić information content (AvgIpc) is 2.07. The third-order valence-corrected chi connectivity index (χ3v) is 2.35. The largest absolute Gasteiger partial charge is 0.377 e. The van der Waals surface area contributed by atoms with Crippen molar-refractivity contribution >= 4 is 5.78 Å². The zero-order valence-electron chi connectivity index (χ0n) is 7.14. The van der Waals surface area contributed by atoms with Gasteiger partial charge in [-0.1, -0.05) is 19.3 Å². The Kier molecular flexibility index (Phi) is 3.57. The molecule has 0 bridgehead atoms. The summed E-state index contributed by atoms with van der Waals surface area (Å²) in [7, 11) is 1.58. The maximum absolute atomic E-state index is 11.3. The van der Waals surface area contributed by atoms with Gasteiger partial charge in [0, 0.05) is 13.0 Å². The average molecular weight is 156 g/mol. The Hall–Kier alpha value is -0.370. The van der Waals surface area contributed by atoms with Crippen LogP contribution >= 0.6 is 0 Å². The van der Waals surface area contributed by atoms with E-state index in [4.69, 9.17) is 4.74 Å². The van der Waals surface area contributed by atoms with Gasteiger partial charge in [0.2, 0.25) is 0 Å². The highest BCUT2D eigenvalue weighted by molar-refractivity contribution is 5.82. The summed E-state index contributed by atoms with van der Waals surface area (Å²) in [5, 5.41) is 0. The highest BCUT2D eigenvalue weighted by Gasteiger charge is 2.20. The van der Waals surface area contributed by atoms with Crippen molar-refractivity contribution in [1.82, 2.24) is 0 Å². The van der Waals surface area contributed by atoms with Crippen molar-refractivity contribution in [1.29, 1.82) is 0 Å². The molecule has 0 aromatic carbocycles. The minimum absolute atomic E-state index is 0.298. The van der Waals surface area contributed by atoms with Crippen LogP contribution in [0.3, 0.4) is 0 Å². The van der Waals surface area contributed by atoms with Gasteiger partial charge < -0.3 is 4.74 Å². The van der Waals surface area contributed by atoms with E-state index < -0.39 is 0 Å². The Morgan fingerprint density at radius 1 is 1.36 bits per heavy atom. The summed E-state index contributed by atoms with van der Waals surface area (Å²) in [6.45, 7) is 0.310. The van der Waals surface area contributed by atoms with Crippen molar-refractivity contribution in [3.05, 3.63) is 0 Å². The van der Waals surface area contributed by atoms with Crippen LogP contribution in [0.4, 0.5) is 0 Å². The quantitative estimate of drug-likeness (QED) is 0.622. The molecular weight excluding hydrogens is 140 g/mol. The number of methoxy groups -OCH3 is 1. The molecule has 0 atom stereocenters. The number of rotatable bonds is 3. The van der Waals surface area contributed by atoms with E-state index in [1.807, 2.05) is 0 Å². The molecule has 1 fully saturated rings. The molecule has 11 heavy (non-hydrogen) atoms. The summed E-state index contributed by atoms with van der Waals surface area (Å²) < 4.78 is 4.81. The van der Waals surface area contributed by atoms with Crippen molar-refractivity contribution in [2.24, 2.45) is 5.92 Å². The van der Waals surface area contributed by atoms with Crippen LogP contribution in [-0.4, -0.2) is 19.5 Å². The molecule has 2 heteroatoms. The second-order valence-corrected chi connectivity index (χ2v) is 3.23. The predicted octanol–water partition coefficient (Wildman–Crippen LogP) is 1.78. The van der Waals surface area contributed by atoms with Crippen molar-refractivity contribution < 1.29 is 9.53 Å². The summed E-state index contributed by atoms with van der Waals surface area (Å²) in [6, 6.07) is 0. The van der Waals surface area contributed by atoms with Gasteiger partial charge in [0.15, 0.2) is 5.78 Å². The number of carbonyl (C=O) groups excluding carboxylic acids is 1. The first-order chi connectivity index (χ1) is 5.34. The van der Waals surface area contributed by atoms with Gasteiger partial charge in [0.05, 0.1) is 0 Å². The van der Waals surface area contributed by atoms with Crippen molar-refractivity contribution in [3.63, 3.8) is 0 Å². The third kappa shape index (κ3) is 2.62. The number of hydrogen-bond acceptors (Lipinski definition) is 2. The van der Waals surface area contributed by atoms with Crippen LogP contribution in [-0.2, 0) is 9.53 Å². The maximum atomic E-state index is 11.3. The molecule has 0 N–H and O–H groups in total. The Labute approximate surface area is 67.9 Å². The van der Waals surface area contributed by atoms with Gasteiger partial charge in [-0.25, -0.2) is 0 Å². The van der Waals surface area contributed by atoms with Crippen molar-refractivity contribution in [2.45, 2.75) is 32.1 Å². The SMILES string of the molecule is COCC(=O)C1CCCCC1. The normalized spacial score (nSPS) is 20.1. The second-order valence-electron chi connectivity index (χ2n) is 3.23. The first kappa shape index (κ1) is 8.72. The number of carbonyl (C=O) groups is 1. The maximum Gasteiger partial charge on any atom is 0.161 e. The van der Waals surface area contributed by atoms with Gasteiger partial charge in [-0.2, -0.15) is 0 Å². The molecule has 0 saturated heterocycles. The lowest BCUT2D eigenvalue weighted by atomic mass is 9.86. The standard InChI is InChI=1S/C9H16O2/c1-11-7-9(10)8-5-3-2-4-6-8/h8H,2-7H2,1H3. The van der Waals surface area contributed by atoms with Crippen LogP contribution in [0.2, 0.25) is 0 Å². The van der Waals surface area contributed by atoms with Crippen LogP contribution in [0, 0.1) is 5.92 Å². The fourth-order valence-electron chi connectivity index (χ4n) is 1.68. The third-order valence-electron chi connectivity index (χ3n) is 2.35. The lowest BCUT2D eigenvalue weighted by molar-refractivity contribution is -0.127. The zero-order valence-corrected chi connectivity index (χ0v) is 7.14. The highest BCUT2D eigenvalue weighted by Crippen LogP contribution is 2.24. The molecule has 0 spiro atoms. The van der Waals surface area contributed by atoms with Gasteiger partial charge in [-0.05, 0) is 12.8 Å². The van der Waals surface area contributed by atoms with Crippen molar-refractivity contribution in [2.75, 3.05) is 13.7 Å². The monoisotopic (exact) mass is 156 g/mol. The summed E-state index contributed by atoms with van der Waals surface area (Å²) >= 11 is 0. The van der Waals surface area contributed by atoms with Gasteiger partial charge in [0.25, 0.3) is 0 Å². The van der Waals surface area contributed by atoms with E-state index in [1.165, 1.54) is 19.3 Å². The molecule has 0 amide bonds. The summed E-state index contributed by atoms with van der Waals surface area (Å²) in [5.74, 6) is 0.607. The van der Waals surface area contributed by atoms with E-state index in [0.29, 0.717) is 18.3 Å². The molecule has 0 aromatic heterocycles. The van der Waals surface area contributed by atoms with Crippen LogP contribution in [0.1, 0.15) is 32.1 Å². The molecule has 1 saturated carbocycles.